The van der Waals surface area contributed by atoms with E-state index in [0.29, 0.717) is 38.6 Å². The molecule has 9 heteroatoms. The Bertz CT molecular complexity index is 1020. The third-order valence-electron chi connectivity index (χ3n) is 3.90. The van der Waals surface area contributed by atoms with Crippen LogP contribution in [0.4, 0.5) is 10.8 Å². The number of methoxy groups -OCH3 is 2. The minimum absolute atomic E-state index is 0.0493. The van der Waals surface area contributed by atoms with Gasteiger partial charge in [0.05, 0.1) is 32.0 Å². The van der Waals surface area contributed by atoms with Crippen molar-refractivity contribution >= 4 is 45.6 Å². The molecule has 2 N–H and O–H groups in total. The van der Waals surface area contributed by atoms with Gasteiger partial charge >= 0.3 is 0 Å². The van der Waals surface area contributed by atoms with Gasteiger partial charge in [-0.2, -0.15) is 0 Å². The average Bonchev–Trinajstić information content (AvgIpc) is 3.14. The van der Waals surface area contributed by atoms with Gasteiger partial charge in [-0.1, -0.05) is 11.6 Å². The maximum absolute atomic E-state index is 12.4. The van der Waals surface area contributed by atoms with Crippen molar-refractivity contribution in [1.82, 2.24) is 4.98 Å². The summed E-state index contributed by atoms with van der Waals surface area (Å²) in [6.45, 7) is 0. The van der Waals surface area contributed by atoms with E-state index in [4.69, 9.17) is 21.1 Å². The fraction of sp³-hybridized carbons (Fsp3) is 0.150. The molecule has 2 aromatic carbocycles. The molecule has 0 spiro atoms. The number of benzene rings is 2. The Kier molecular flexibility index (Phi) is 6.69. The van der Waals surface area contributed by atoms with Gasteiger partial charge in [0, 0.05) is 22.0 Å². The molecule has 0 atom stereocenters. The molecule has 0 aliphatic rings. The lowest BCUT2D eigenvalue weighted by Gasteiger charge is -2.11. The normalized spacial score (nSPS) is 10.3. The Labute approximate surface area is 176 Å². The van der Waals surface area contributed by atoms with E-state index in [1.165, 1.54) is 18.4 Å². The zero-order valence-electron chi connectivity index (χ0n) is 15.7. The van der Waals surface area contributed by atoms with Crippen LogP contribution in [0.25, 0.3) is 0 Å². The lowest BCUT2D eigenvalue weighted by Crippen LogP contribution is -2.15. The van der Waals surface area contributed by atoms with Crippen LogP contribution in [-0.2, 0) is 11.2 Å². The number of nitrogens with zero attached hydrogens (tertiary/aromatic N) is 1. The molecule has 3 aromatic rings. The molecule has 0 aliphatic carbocycles. The molecular weight excluding hydrogens is 414 g/mol. The molecule has 0 radical (unpaired) electrons. The maximum atomic E-state index is 12.4. The number of anilines is 2. The van der Waals surface area contributed by atoms with Crippen molar-refractivity contribution in [2.24, 2.45) is 0 Å². The van der Waals surface area contributed by atoms with Crippen LogP contribution in [0.1, 0.15) is 16.1 Å². The van der Waals surface area contributed by atoms with Gasteiger partial charge in [0.2, 0.25) is 5.91 Å². The molecule has 3 rings (SSSR count). The van der Waals surface area contributed by atoms with Crippen molar-refractivity contribution in [3.05, 3.63) is 64.1 Å². The minimum atomic E-state index is -0.298. The van der Waals surface area contributed by atoms with Crippen LogP contribution in [-0.4, -0.2) is 31.0 Å². The lowest BCUT2D eigenvalue weighted by atomic mass is 10.2. The summed E-state index contributed by atoms with van der Waals surface area (Å²) in [4.78, 5) is 28.9. The van der Waals surface area contributed by atoms with E-state index in [2.05, 4.69) is 15.6 Å². The first kappa shape index (κ1) is 20.6. The fourth-order valence-corrected chi connectivity index (χ4v) is 3.32. The van der Waals surface area contributed by atoms with Crippen LogP contribution in [0.15, 0.2) is 47.8 Å². The van der Waals surface area contributed by atoms with Crippen LogP contribution in [0.5, 0.6) is 11.5 Å². The lowest BCUT2D eigenvalue weighted by molar-refractivity contribution is -0.115. The van der Waals surface area contributed by atoms with Gasteiger partial charge in [0.15, 0.2) is 5.13 Å². The summed E-state index contributed by atoms with van der Waals surface area (Å²) in [5, 5.41) is 8.18. The summed E-state index contributed by atoms with van der Waals surface area (Å²) in [5.74, 6) is 0.556. The van der Waals surface area contributed by atoms with Gasteiger partial charge in [0.25, 0.3) is 5.91 Å². The van der Waals surface area contributed by atoms with E-state index in [-0.39, 0.29) is 18.2 Å². The van der Waals surface area contributed by atoms with Crippen molar-refractivity contribution in [2.45, 2.75) is 6.42 Å². The number of hydrogen-bond donors (Lipinski definition) is 2. The topological polar surface area (TPSA) is 89.5 Å². The number of halogens is 1. The van der Waals surface area contributed by atoms with Gasteiger partial charge in [-0.15, -0.1) is 11.3 Å². The molecule has 7 nitrogen and oxygen atoms in total. The molecular formula is C20H18ClN3O4S. The van der Waals surface area contributed by atoms with E-state index < -0.39 is 0 Å². The second-order valence-corrected chi connectivity index (χ2v) is 7.19. The Hall–Kier alpha value is -3.10. The molecule has 0 bridgehead atoms. The molecule has 1 aromatic heterocycles. The number of nitrogens with one attached hydrogen (secondary N) is 2. The summed E-state index contributed by atoms with van der Waals surface area (Å²) in [6, 6.07) is 11.7. The zero-order valence-corrected chi connectivity index (χ0v) is 17.3. The number of ether oxygens (including phenoxy) is 2. The maximum Gasteiger partial charge on any atom is 0.257 e. The SMILES string of the molecule is COc1ccc(OC)c(NC(=O)Cc2csc(NC(=O)c3ccc(Cl)cc3)n2)c1. The number of amides is 2. The number of rotatable bonds is 7. The third-order valence-corrected chi connectivity index (χ3v) is 4.96. The standard InChI is InChI=1S/C20H18ClN3O4S/c1-27-15-7-8-17(28-2)16(10-15)23-18(25)9-14-11-29-20(22-14)24-19(26)12-3-5-13(21)6-4-12/h3-8,10-11H,9H2,1-2H3,(H,23,25)(H,22,24,26). The molecule has 29 heavy (non-hydrogen) atoms. The number of thiazole rings is 1. The molecule has 0 unspecified atom stereocenters. The Balaban J connectivity index is 1.62. The molecule has 0 fully saturated rings. The molecule has 0 saturated heterocycles. The molecule has 1 heterocycles. The third kappa shape index (κ3) is 5.46. The summed E-state index contributed by atoms with van der Waals surface area (Å²) in [5.41, 5.74) is 1.51. The molecule has 0 saturated carbocycles. The Morgan fingerprint density at radius 2 is 1.83 bits per heavy atom. The number of carbonyl (C=O) groups excluding carboxylic acids is 2. The van der Waals surface area contributed by atoms with Gasteiger partial charge in [0.1, 0.15) is 11.5 Å². The Morgan fingerprint density at radius 1 is 1.07 bits per heavy atom. The summed E-state index contributed by atoms with van der Waals surface area (Å²) < 4.78 is 10.4. The van der Waals surface area contributed by atoms with Crippen molar-refractivity contribution in [2.75, 3.05) is 24.9 Å². The first-order valence-electron chi connectivity index (χ1n) is 8.51. The second kappa shape index (κ2) is 9.40. The highest BCUT2D eigenvalue weighted by atomic mass is 35.5. The van der Waals surface area contributed by atoms with Crippen LogP contribution in [0.2, 0.25) is 5.02 Å². The summed E-state index contributed by atoms with van der Waals surface area (Å²) in [7, 11) is 3.07. The predicted octanol–water partition coefficient (Wildman–Crippen LogP) is 4.25. The summed E-state index contributed by atoms with van der Waals surface area (Å²) in [6.07, 6.45) is 0.0493. The first-order valence-corrected chi connectivity index (χ1v) is 9.77. The van der Waals surface area contributed by atoms with Gasteiger partial charge in [-0.25, -0.2) is 4.98 Å². The van der Waals surface area contributed by atoms with E-state index in [1.807, 2.05) is 0 Å². The summed E-state index contributed by atoms with van der Waals surface area (Å²) >= 11 is 7.07. The van der Waals surface area contributed by atoms with Gasteiger partial charge in [-0.05, 0) is 36.4 Å². The van der Waals surface area contributed by atoms with E-state index in [0.717, 1.165) is 0 Å². The van der Waals surface area contributed by atoms with E-state index in [9.17, 15) is 9.59 Å². The van der Waals surface area contributed by atoms with E-state index >= 15 is 0 Å². The smallest absolute Gasteiger partial charge is 0.257 e. The Morgan fingerprint density at radius 3 is 2.52 bits per heavy atom. The number of hydrogen-bond acceptors (Lipinski definition) is 6. The number of carbonyl (C=O) groups is 2. The average molecular weight is 432 g/mol. The highest BCUT2D eigenvalue weighted by molar-refractivity contribution is 7.14. The van der Waals surface area contributed by atoms with Gasteiger partial charge < -0.3 is 14.8 Å². The van der Waals surface area contributed by atoms with Crippen LogP contribution in [0, 0.1) is 0 Å². The number of aromatic nitrogens is 1. The largest absolute Gasteiger partial charge is 0.497 e. The molecule has 150 valence electrons. The highest BCUT2D eigenvalue weighted by Gasteiger charge is 2.13. The molecule has 0 aliphatic heterocycles. The van der Waals surface area contributed by atoms with Crippen molar-refractivity contribution < 1.29 is 19.1 Å². The zero-order chi connectivity index (χ0) is 20.8. The van der Waals surface area contributed by atoms with Crippen molar-refractivity contribution in [1.29, 1.82) is 0 Å². The van der Waals surface area contributed by atoms with Crippen molar-refractivity contribution in [3.63, 3.8) is 0 Å². The quantitative estimate of drug-likeness (QED) is 0.583. The fourth-order valence-electron chi connectivity index (χ4n) is 2.49. The second-order valence-electron chi connectivity index (χ2n) is 5.90. The van der Waals surface area contributed by atoms with Crippen molar-refractivity contribution in [3.8, 4) is 11.5 Å². The van der Waals surface area contributed by atoms with Gasteiger partial charge in [-0.3, -0.25) is 14.9 Å². The van der Waals surface area contributed by atoms with E-state index in [1.54, 1.807) is 55.0 Å². The van der Waals surface area contributed by atoms with Crippen LogP contribution in [0.3, 0.4) is 0 Å². The first-order chi connectivity index (χ1) is 14.0. The monoisotopic (exact) mass is 431 g/mol. The minimum Gasteiger partial charge on any atom is -0.497 e. The predicted molar refractivity (Wildman–Crippen MR) is 113 cm³/mol. The molecule has 2 amide bonds. The highest BCUT2D eigenvalue weighted by Crippen LogP contribution is 2.29. The van der Waals surface area contributed by atoms with Crippen LogP contribution >= 0.6 is 22.9 Å². The van der Waals surface area contributed by atoms with Crippen LogP contribution < -0.4 is 20.1 Å².